The van der Waals surface area contributed by atoms with Crippen LogP contribution in [0.2, 0.25) is 0 Å². The molecule has 2 N–H and O–H groups in total. The van der Waals surface area contributed by atoms with Crippen LogP contribution in [0.25, 0.3) is 0 Å². The number of ether oxygens (including phenoxy) is 1. The molecule has 0 bridgehead atoms. The Morgan fingerprint density at radius 1 is 1.39 bits per heavy atom. The first-order chi connectivity index (χ1) is 8.72. The van der Waals surface area contributed by atoms with Crippen molar-refractivity contribution in [3.8, 4) is 0 Å². The molecule has 0 aromatic heterocycles. The summed E-state index contributed by atoms with van der Waals surface area (Å²) in [7, 11) is 1.67. The van der Waals surface area contributed by atoms with E-state index in [1.165, 1.54) is 25.9 Å². The minimum absolute atomic E-state index is 0.0689. The Morgan fingerprint density at radius 2 is 2.11 bits per heavy atom. The van der Waals surface area contributed by atoms with Crippen LogP contribution in [0.15, 0.2) is 0 Å². The van der Waals surface area contributed by atoms with Crippen molar-refractivity contribution in [1.29, 1.82) is 0 Å². The highest BCUT2D eigenvalue weighted by Gasteiger charge is 2.14. The van der Waals surface area contributed by atoms with Gasteiger partial charge in [0.25, 0.3) is 0 Å². The summed E-state index contributed by atoms with van der Waals surface area (Å²) < 4.78 is 4.92. The first kappa shape index (κ1) is 15.4. The Hall–Kier alpha value is -0.650. The SMILES string of the molecule is COCCCNC(=O)CNC(C)CN1CCCC1. The quantitative estimate of drug-likeness (QED) is 0.580. The lowest BCUT2D eigenvalue weighted by molar-refractivity contribution is -0.120. The Kier molecular flexibility index (Phi) is 7.96. The number of carbonyl (C=O) groups excluding carboxylic acids is 1. The molecule has 0 saturated carbocycles. The van der Waals surface area contributed by atoms with Crippen molar-refractivity contribution in [3.05, 3.63) is 0 Å². The van der Waals surface area contributed by atoms with Gasteiger partial charge in [-0.1, -0.05) is 0 Å². The molecule has 1 heterocycles. The molecule has 0 aromatic rings. The van der Waals surface area contributed by atoms with E-state index in [-0.39, 0.29) is 5.91 Å². The van der Waals surface area contributed by atoms with E-state index in [0.29, 0.717) is 25.7 Å². The van der Waals surface area contributed by atoms with Gasteiger partial charge in [0.05, 0.1) is 6.54 Å². The summed E-state index contributed by atoms with van der Waals surface area (Å²) in [5.41, 5.74) is 0. The molecule has 1 aliphatic heterocycles. The maximum atomic E-state index is 11.5. The monoisotopic (exact) mass is 257 g/mol. The van der Waals surface area contributed by atoms with E-state index in [0.717, 1.165) is 13.0 Å². The second kappa shape index (κ2) is 9.30. The van der Waals surface area contributed by atoms with Crippen LogP contribution >= 0.6 is 0 Å². The number of nitrogens with one attached hydrogen (secondary N) is 2. The van der Waals surface area contributed by atoms with Crippen LogP contribution < -0.4 is 10.6 Å². The maximum absolute atomic E-state index is 11.5. The number of rotatable bonds is 9. The third-order valence-electron chi connectivity index (χ3n) is 3.19. The lowest BCUT2D eigenvalue weighted by atomic mass is 10.3. The lowest BCUT2D eigenvalue weighted by Crippen LogP contribution is -2.43. The Bertz CT molecular complexity index is 230. The smallest absolute Gasteiger partial charge is 0.233 e. The minimum atomic E-state index is 0.0689. The van der Waals surface area contributed by atoms with Crippen LogP contribution in [0.3, 0.4) is 0 Å². The zero-order valence-corrected chi connectivity index (χ0v) is 11.7. The molecular formula is C13H27N3O2. The largest absolute Gasteiger partial charge is 0.385 e. The third-order valence-corrected chi connectivity index (χ3v) is 3.19. The highest BCUT2D eigenvalue weighted by Crippen LogP contribution is 2.07. The third kappa shape index (κ3) is 6.93. The van der Waals surface area contributed by atoms with Gasteiger partial charge in [-0.2, -0.15) is 0 Å². The average Bonchev–Trinajstić information content (AvgIpc) is 2.85. The van der Waals surface area contributed by atoms with Crippen molar-refractivity contribution in [2.24, 2.45) is 0 Å². The molecule has 1 unspecified atom stereocenters. The molecule has 1 atom stereocenters. The summed E-state index contributed by atoms with van der Waals surface area (Å²) >= 11 is 0. The second-order valence-corrected chi connectivity index (χ2v) is 4.99. The molecule has 1 fully saturated rings. The van der Waals surface area contributed by atoms with E-state index in [4.69, 9.17) is 4.74 Å². The number of methoxy groups -OCH3 is 1. The van der Waals surface area contributed by atoms with Crippen molar-refractivity contribution < 1.29 is 9.53 Å². The van der Waals surface area contributed by atoms with Crippen LogP contribution in [0.5, 0.6) is 0 Å². The normalized spacial score (nSPS) is 17.9. The molecule has 18 heavy (non-hydrogen) atoms. The number of likely N-dealkylation sites (tertiary alicyclic amines) is 1. The molecule has 5 nitrogen and oxygen atoms in total. The van der Waals surface area contributed by atoms with Gasteiger partial charge < -0.3 is 20.3 Å². The summed E-state index contributed by atoms with van der Waals surface area (Å²) in [5, 5.41) is 6.14. The van der Waals surface area contributed by atoms with E-state index in [9.17, 15) is 4.79 Å². The molecule has 5 heteroatoms. The highest BCUT2D eigenvalue weighted by atomic mass is 16.5. The molecule has 0 aromatic carbocycles. The fourth-order valence-corrected chi connectivity index (χ4v) is 2.19. The van der Waals surface area contributed by atoms with E-state index < -0.39 is 0 Å². The molecule has 0 aliphatic carbocycles. The number of hydrogen-bond donors (Lipinski definition) is 2. The zero-order valence-electron chi connectivity index (χ0n) is 11.7. The van der Waals surface area contributed by atoms with Gasteiger partial charge in [0.2, 0.25) is 5.91 Å². The Balaban J connectivity index is 1.98. The maximum Gasteiger partial charge on any atom is 0.233 e. The van der Waals surface area contributed by atoms with Gasteiger partial charge in [-0.3, -0.25) is 4.79 Å². The molecule has 1 aliphatic rings. The lowest BCUT2D eigenvalue weighted by Gasteiger charge is -2.21. The van der Waals surface area contributed by atoms with Gasteiger partial charge in [0.1, 0.15) is 0 Å². The molecular weight excluding hydrogens is 230 g/mol. The van der Waals surface area contributed by atoms with Crippen molar-refractivity contribution >= 4 is 5.91 Å². The summed E-state index contributed by atoms with van der Waals surface area (Å²) in [5.74, 6) is 0.0689. The van der Waals surface area contributed by atoms with E-state index in [2.05, 4.69) is 22.5 Å². The molecule has 106 valence electrons. The number of carbonyl (C=O) groups is 1. The predicted octanol–water partition coefficient (Wildman–Crippen LogP) is 0.213. The fraction of sp³-hybridized carbons (Fsp3) is 0.923. The van der Waals surface area contributed by atoms with E-state index >= 15 is 0 Å². The van der Waals surface area contributed by atoms with E-state index in [1.807, 2.05) is 0 Å². The first-order valence-corrected chi connectivity index (χ1v) is 6.93. The van der Waals surface area contributed by atoms with E-state index in [1.54, 1.807) is 7.11 Å². The summed E-state index contributed by atoms with van der Waals surface area (Å²) in [6.07, 6.45) is 3.49. The van der Waals surface area contributed by atoms with Crippen molar-refractivity contribution in [1.82, 2.24) is 15.5 Å². The molecule has 0 radical (unpaired) electrons. The minimum Gasteiger partial charge on any atom is -0.385 e. The van der Waals surface area contributed by atoms with Gasteiger partial charge in [0, 0.05) is 32.8 Å². The van der Waals surface area contributed by atoms with Crippen molar-refractivity contribution in [2.75, 3.05) is 46.4 Å². The summed E-state index contributed by atoms with van der Waals surface area (Å²) in [6.45, 7) is 7.37. The summed E-state index contributed by atoms with van der Waals surface area (Å²) in [6, 6.07) is 0.368. The standard InChI is InChI=1S/C13H27N3O2/c1-12(11-16-7-3-4-8-16)15-10-13(17)14-6-5-9-18-2/h12,15H,3-11H2,1-2H3,(H,14,17). The second-order valence-electron chi connectivity index (χ2n) is 4.99. The van der Waals surface area contributed by atoms with Gasteiger partial charge in [0.15, 0.2) is 0 Å². The average molecular weight is 257 g/mol. The Morgan fingerprint density at radius 3 is 2.78 bits per heavy atom. The molecule has 1 amide bonds. The van der Waals surface area contributed by atoms with Gasteiger partial charge >= 0.3 is 0 Å². The van der Waals surface area contributed by atoms with Crippen LogP contribution in [0.1, 0.15) is 26.2 Å². The number of hydrogen-bond acceptors (Lipinski definition) is 4. The van der Waals surface area contributed by atoms with Gasteiger partial charge in [-0.05, 0) is 39.3 Å². The van der Waals surface area contributed by atoms with Gasteiger partial charge in [-0.15, -0.1) is 0 Å². The molecule has 1 rings (SSSR count). The highest BCUT2D eigenvalue weighted by molar-refractivity contribution is 5.77. The fourth-order valence-electron chi connectivity index (χ4n) is 2.19. The predicted molar refractivity (Wildman–Crippen MR) is 72.6 cm³/mol. The van der Waals surface area contributed by atoms with Crippen molar-refractivity contribution in [2.45, 2.75) is 32.2 Å². The van der Waals surface area contributed by atoms with Crippen molar-refractivity contribution in [3.63, 3.8) is 0 Å². The molecule has 1 saturated heterocycles. The topological polar surface area (TPSA) is 53.6 Å². The van der Waals surface area contributed by atoms with Crippen LogP contribution in [-0.4, -0.2) is 63.3 Å². The van der Waals surface area contributed by atoms with Crippen LogP contribution in [0.4, 0.5) is 0 Å². The van der Waals surface area contributed by atoms with Crippen LogP contribution in [0, 0.1) is 0 Å². The first-order valence-electron chi connectivity index (χ1n) is 6.93. The number of amides is 1. The van der Waals surface area contributed by atoms with Gasteiger partial charge in [-0.25, -0.2) is 0 Å². The summed E-state index contributed by atoms with van der Waals surface area (Å²) in [4.78, 5) is 14.0. The zero-order chi connectivity index (χ0) is 13.2. The number of nitrogens with zero attached hydrogens (tertiary/aromatic N) is 1. The Labute approximate surface area is 110 Å². The molecule has 0 spiro atoms. The van der Waals surface area contributed by atoms with Crippen LogP contribution in [-0.2, 0) is 9.53 Å².